The Morgan fingerprint density at radius 3 is 2.68 bits per heavy atom. The maximum absolute atomic E-state index is 11.5. The molecule has 0 aliphatic heterocycles. The van der Waals surface area contributed by atoms with E-state index in [1.807, 2.05) is 18.2 Å². The van der Waals surface area contributed by atoms with Gasteiger partial charge in [0.05, 0.1) is 24.4 Å². The Balaban J connectivity index is 1.94. The standard InChI is InChI=1S/C16H17BrO4S/c1-10-13(16(18)20-3)7-12(21-10)9-22-8-11-4-5-15(19-2)14(17)6-11/h4-7H,8-9H2,1-3H3. The van der Waals surface area contributed by atoms with E-state index in [4.69, 9.17) is 13.9 Å². The molecule has 0 unspecified atom stereocenters. The maximum Gasteiger partial charge on any atom is 0.341 e. The Morgan fingerprint density at radius 1 is 1.27 bits per heavy atom. The molecule has 0 amide bonds. The number of halogens is 1. The van der Waals surface area contributed by atoms with E-state index in [2.05, 4.69) is 15.9 Å². The molecule has 0 saturated carbocycles. The fraction of sp³-hybridized carbons (Fsp3) is 0.312. The lowest BCUT2D eigenvalue weighted by molar-refractivity contribution is 0.0599. The van der Waals surface area contributed by atoms with Crippen LogP contribution in [-0.4, -0.2) is 20.2 Å². The van der Waals surface area contributed by atoms with Crippen molar-refractivity contribution in [2.24, 2.45) is 0 Å². The van der Waals surface area contributed by atoms with E-state index in [0.717, 1.165) is 21.7 Å². The summed E-state index contributed by atoms with van der Waals surface area (Å²) in [6, 6.07) is 7.76. The van der Waals surface area contributed by atoms with Gasteiger partial charge in [-0.1, -0.05) is 6.07 Å². The Hall–Kier alpha value is -1.40. The van der Waals surface area contributed by atoms with Crippen LogP contribution in [0.3, 0.4) is 0 Å². The second-order valence-corrected chi connectivity index (χ2v) is 6.48. The van der Waals surface area contributed by atoms with Crippen molar-refractivity contribution in [1.82, 2.24) is 0 Å². The van der Waals surface area contributed by atoms with Gasteiger partial charge in [0, 0.05) is 5.75 Å². The van der Waals surface area contributed by atoms with Crippen LogP contribution in [0.1, 0.15) is 27.4 Å². The number of ether oxygens (including phenoxy) is 2. The van der Waals surface area contributed by atoms with Crippen molar-refractivity contribution in [3.8, 4) is 5.75 Å². The van der Waals surface area contributed by atoms with Crippen molar-refractivity contribution in [3.05, 3.63) is 51.4 Å². The summed E-state index contributed by atoms with van der Waals surface area (Å²) in [6.07, 6.45) is 0. The highest BCUT2D eigenvalue weighted by Gasteiger charge is 2.15. The summed E-state index contributed by atoms with van der Waals surface area (Å²) in [5, 5.41) is 0. The molecule has 0 aliphatic rings. The van der Waals surface area contributed by atoms with Crippen LogP contribution in [0, 0.1) is 6.92 Å². The van der Waals surface area contributed by atoms with Gasteiger partial charge in [0.2, 0.25) is 0 Å². The molecule has 0 aliphatic carbocycles. The lowest BCUT2D eigenvalue weighted by Gasteiger charge is -2.05. The van der Waals surface area contributed by atoms with E-state index in [-0.39, 0.29) is 5.97 Å². The molecule has 2 aromatic rings. The average molecular weight is 385 g/mol. The monoisotopic (exact) mass is 384 g/mol. The van der Waals surface area contributed by atoms with E-state index in [1.165, 1.54) is 12.7 Å². The summed E-state index contributed by atoms with van der Waals surface area (Å²) in [7, 11) is 3.01. The molecule has 0 spiro atoms. The SMILES string of the molecule is COC(=O)c1cc(CSCc2ccc(OC)c(Br)c2)oc1C. The third-order valence-electron chi connectivity index (χ3n) is 3.10. The number of methoxy groups -OCH3 is 2. The highest BCUT2D eigenvalue weighted by molar-refractivity contribution is 9.10. The molecule has 0 saturated heterocycles. The molecule has 0 atom stereocenters. The molecule has 4 nitrogen and oxygen atoms in total. The summed E-state index contributed by atoms with van der Waals surface area (Å²) >= 11 is 5.19. The number of aryl methyl sites for hydroxylation is 1. The van der Waals surface area contributed by atoms with Crippen LogP contribution in [0.25, 0.3) is 0 Å². The van der Waals surface area contributed by atoms with E-state index >= 15 is 0 Å². The molecular weight excluding hydrogens is 368 g/mol. The minimum Gasteiger partial charge on any atom is -0.496 e. The first-order valence-electron chi connectivity index (χ1n) is 6.63. The third kappa shape index (κ3) is 4.08. The minimum atomic E-state index is -0.364. The van der Waals surface area contributed by atoms with Gasteiger partial charge in [0.1, 0.15) is 22.8 Å². The van der Waals surface area contributed by atoms with Crippen LogP contribution >= 0.6 is 27.7 Å². The van der Waals surface area contributed by atoms with Gasteiger partial charge in [-0.05, 0) is 46.6 Å². The number of esters is 1. The molecule has 0 N–H and O–H groups in total. The largest absolute Gasteiger partial charge is 0.496 e. The molecule has 1 aromatic carbocycles. The zero-order chi connectivity index (χ0) is 16.1. The molecule has 2 rings (SSSR count). The first kappa shape index (κ1) is 17.0. The topological polar surface area (TPSA) is 48.7 Å². The quantitative estimate of drug-likeness (QED) is 0.682. The molecule has 22 heavy (non-hydrogen) atoms. The molecular formula is C16H17BrO4S. The number of hydrogen-bond donors (Lipinski definition) is 0. The lowest BCUT2D eigenvalue weighted by atomic mass is 10.2. The van der Waals surface area contributed by atoms with Crippen LogP contribution in [0.2, 0.25) is 0 Å². The van der Waals surface area contributed by atoms with Crippen molar-refractivity contribution in [2.45, 2.75) is 18.4 Å². The van der Waals surface area contributed by atoms with Crippen LogP contribution < -0.4 is 4.74 Å². The summed E-state index contributed by atoms with van der Waals surface area (Å²) in [4.78, 5) is 11.5. The molecule has 118 valence electrons. The normalized spacial score (nSPS) is 10.5. The first-order valence-corrected chi connectivity index (χ1v) is 8.57. The Bertz CT molecular complexity index is 666. The first-order chi connectivity index (χ1) is 10.5. The van der Waals surface area contributed by atoms with Gasteiger partial charge in [-0.2, -0.15) is 0 Å². The van der Waals surface area contributed by atoms with Gasteiger partial charge in [0.15, 0.2) is 0 Å². The van der Waals surface area contributed by atoms with Gasteiger partial charge >= 0.3 is 5.97 Å². The minimum absolute atomic E-state index is 0.364. The summed E-state index contributed by atoms with van der Waals surface area (Å²) in [5.41, 5.74) is 1.68. The Labute approximate surface area is 142 Å². The number of benzene rings is 1. The van der Waals surface area contributed by atoms with E-state index in [1.54, 1.807) is 31.9 Å². The Morgan fingerprint density at radius 2 is 2.05 bits per heavy atom. The second-order valence-electron chi connectivity index (χ2n) is 4.64. The second kappa shape index (κ2) is 7.74. The number of thioether (sulfide) groups is 1. The van der Waals surface area contributed by atoms with Crippen molar-refractivity contribution < 1.29 is 18.7 Å². The van der Waals surface area contributed by atoms with Gasteiger partial charge in [0.25, 0.3) is 0 Å². The van der Waals surface area contributed by atoms with Crippen molar-refractivity contribution in [1.29, 1.82) is 0 Å². The highest BCUT2D eigenvalue weighted by Crippen LogP contribution is 2.28. The summed E-state index contributed by atoms with van der Waals surface area (Å²) in [6.45, 7) is 1.76. The third-order valence-corrected chi connectivity index (χ3v) is 4.75. The zero-order valence-corrected chi connectivity index (χ0v) is 15.0. The van der Waals surface area contributed by atoms with Crippen LogP contribution in [0.15, 0.2) is 33.2 Å². The van der Waals surface area contributed by atoms with Crippen molar-refractivity contribution in [3.63, 3.8) is 0 Å². The fourth-order valence-electron chi connectivity index (χ4n) is 2.00. The number of rotatable bonds is 6. The van der Waals surface area contributed by atoms with Crippen LogP contribution in [-0.2, 0) is 16.2 Å². The molecule has 1 heterocycles. The fourth-order valence-corrected chi connectivity index (χ4v) is 3.45. The molecule has 0 bridgehead atoms. The molecule has 0 radical (unpaired) electrons. The van der Waals surface area contributed by atoms with Crippen molar-refractivity contribution in [2.75, 3.05) is 14.2 Å². The average Bonchev–Trinajstić information content (AvgIpc) is 2.87. The lowest BCUT2D eigenvalue weighted by Crippen LogP contribution is -2.00. The number of furan rings is 1. The predicted molar refractivity (Wildman–Crippen MR) is 90.5 cm³/mol. The van der Waals surface area contributed by atoms with Gasteiger partial charge in [-0.3, -0.25) is 0 Å². The van der Waals surface area contributed by atoms with E-state index in [0.29, 0.717) is 17.1 Å². The van der Waals surface area contributed by atoms with Crippen molar-refractivity contribution >= 4 is 33.7 Å². The maximum atomic E-state index is 11.5. The smallest absolute Gasteiger partial charge is 0.341 e. The molecule has 6 heteroatoms. The number of carbonyl (C=O) groups is 1. The van der Waals surface area contributed by atoms with Gasteiger partial charge in [-0.25, -0.2) is 4.79 Å². The zero-order valence-electron chi connectivity index (χ0n) is 12.6. The Kier molecular flexibility index (Phi) is 5.97. The number of hydrogen-bond acceptors (Lipinski definition) is 5. The highest BCUT2D eigenvalue weighted by atomic mass is 79.9. The van der Waals surface area contributed by atoms with Crippen LogP contribution in [0.4, 0.5) is 0 Å². The summed E-state index contributed by atoms with van der Waals surface area (Å²) < 4.78 is 16.5. The van der Waals surface area contributed by atoms with E-state index < -0.39 is 0 Å². The predicted octanol–water partition coefficient (Wildman–Crippen LogP) is 4.58. The number of carbonyl (C=O) groups excluding carboxylic acids is 1. The van der Waals surface area contributed by atoms with E-state index in [9.17, 15) is 4.79 Å². The van der Waals surface area contributed by atoms with Crippen LogP contribution in [0.5, 0.6) is 5.75 Å². The molecule has 0 fully saturated rings. The molecule has 1 aromatic heterocycles. The summed E-state index contributed by atoms with van der Waals surface area (Å²) in [5.74, 6) is 3.36. The van der Waals surface area contributed by atoms with Gasteiger partial charge < -0.3 is 13.9 Å². The van der Waals surface area contributed by atoms with Gasteiger partial charge in [-0.15, -0.1) is 11.8 Å².